The van der Waals surface area contributed by atoms with E-state index in [1.54, 1.807) is 11.3 Å². The molecule has 0 atom stereocenters. The van der Waals surface area contributed by atoms with E-state index in [-0.39, 0.29) is 0 Å². The first-order valence-electron chi connectivity index (χ1n) is 17.5. The monoisotopic (exact) mass is 695 g/mol. The zero-order chi connectivity index (χ0) is 35.1. The quantitative estimate of drug-likeness (QED) is 0.173. The van der Waals surface area contributed by atoms with Gasteiger partial charge in [-0.2, -0.15) is 0 Å². The second-order valence-electron chi connectivity index (χ2n) is 12.9. The van der Waals surface area contributed by atoms with Crippen LogP contribution in [0.15, 0.2) is 176 Å². The summed E-state index contributed by atoms with van der Waals surface area (Å²) in [5.74, 6) is 1.38. The van der Waals surface area contributed by atoms with Crippen molar-refractivity contribution in [2.45, 2.75) is 0 Å². The summed E-state index contributed by atoms with van der Waals surface area (Å²) in [7, 11) is 0. The van der Waals surface area contributed by atoms with E-state index in [2.05, 4.69) is 145 Å². The van der Waals surface area contributed by atoms with Gasteiger partial charge in [-0.05, 0) is 46.2 Å². The Bertz CT molecular complexity index is 2920. The Kier molecular flexibility index (Phi) is 7.59. The van der Waals surface area contributed by atoms with Crippen molar-refractivity contribution in [3.8, 4) is 67.7 Å². The first-order valence-corrected chi connectivity index (χ1v) is 18.3. The highest BCUT2D eigenvalue weighted by atomic mass is 32.1. The molecule has 10 aromatic rings. The molecular formula is C47H29N5S. The summed E-state index contributed by atoms with van der Waals surface area (Å²) in [6.07, 6.45) is 1.83. The number of fused-ring (bicyclic) bond motifs is 4. The fraction of sp³-hybridized carbons (Fsp3) is 0. The van der Waals surface area contributed by atoms with Crippen LogP contribution >= 0.6 is 11.3 Å². The third-order valence-electron chi connectivity index (χ3n) is 9.60. The molecule has 6 heteroatoms. The summed E-state index contributed by atoms with van der Waals surface area (Å²) in [5.41, 5.74) is 10.9. The third-order valence-corrected chi connectivity index (χ3v) is 10.7. The van der Waals surface area contributed by atoms with Gasteiger partial charge in [0.25, 0.3) is 0 Å². The first kappa shape index (κ1) is 30.9. The van der Waals surface area contributed by atoms with Gasteiger partial charge in [-0.3, -0.25) is 0 Å². The van der Waals surface area contributed by atoms with Gasteiger partial charge in [0.2, 0.25) is 0 Å². The minimum atomic E-state index is 0.685. The molecule has 4 aromatic heterocycles. The van der Waals surface area contributed by atoms with E-state index in [4.69, 9.17) is 19.9 Å². The molecule has 0 aliphatic carbocycles. The number of aromatic nitrogens is 5. The summed E-state index contributed by atoms with van der Waals surface area (Å²) in [6.45, 7) is 0. The summed E-state index contributed by atoms with van der Waals surface area (Å²) in [6, 6.07) is 58.6. The van der Waals surface area contributed by atoms with E-state index in [1.807, 2.05) is 36.5 Å². The van der Waals surface area contributed by atoms with Crippen LogP contribution in [-0.2, 0) is 0 Å². The molecule has 248 valence electrons. The number of pyridine rings is 1. The Morgan fingerprint density at radius 2 is 0.943 bits per heavy atom. The number of hydrogen-bond acceptors (Lipinski definition) is 6. The highest BCUT2D eigenvalue weighted by molar-refractivity contribution is 7.25. The molecule has 0 N–H and O–H groups in total. The van der Waals surface area contributed by atoms with Gasteiger partial charge in [0.05, 0.1) is 27.3 Å². The molecule has 5 nitrogen and oxygen atoms in total. The second-order valence-corrected chi connectivity index (χ2v) is 13.9. The third kappa shape index (κ3) is 5.81. The summed E-state index contributed by atoms with van der Waals surface area (Å²) in [5, 5.41) is 3.38. The summed E-state index contributed by atoms with van der Waals surface area (Å²) in [4.78, 5) is 26.1. The van der Waals surface area contributed by atoms with Crippen molar-refractivity contribution in [1.82, 2.24) is 24.9 Å². The highest BCUT2D eigenvalue weighted by Gasteiger charge is 2.18. The maximum Gasteiger partial charge on any atom is 0.160 e. The normalized spacial score (nSPS) is 11.4. The Balaban J connectivity index is 1.08. The van der Waals surface area contributed by atoms with Gasteiger partial charge in [-0.1, -0.05) is 146 Å². The van der Waals surface area contributed by atoms with Crippen LogP contribution in [0.2, 0.25) is 0 Å². The molecule has 0 radical (unpaired) electrons. The fourth-order valence-electron chi connectivity index (χ4n) is 6.85. The molecule has 0 fully saturated rings. The van der Waals surface area contributed by atoms with Crippen LogP contribution in [0.5, 0.6) is 0 Å². The SMILES string of the molecule is c1ccc(-c2ccc(-c3cc(-c4ccc(-c5nc(-c6ccc7ccccc7c6)nc6c5sc5ncccc56)cc4)nc(-c4ccccc4)n3)cc2)cc1. The molecule has 6 aromatic carbocycles. The van der Waals surface area contributed by atoms with Crippen molar-refractivity contribution in [3.05, 3.63) is 176 Å². The largest absolute Gasteiger partial charge is 0.245 e. The molecule has 10 rings (SSSR count). The standard InChI is InChI=1S/C47H29N5S/c1-3-10-30(11-4-1)32-17-20-33(21-18-32)40-29-41(50-45(49-40)36-13-5-2-6-14-36)34-22-24-35(25-23-34)42-44-43(39-16-9-27-48-47(39)53-44)52-46(51-42)38-26-19-31-12-7-8-15-37(31)28-38/h1-29H. The van der Waals surface area contributed by atoms with Crippen LogP contribution in [0.25, 0.3) is 98.9 Å². The molecular weight excluding hydrogens is 667 g/mol. The van der Waals surface area contributed by atoms with Crippen molar-refractivity contribution >= 4 is 42.5 Å². The van der Waals surface area contributed by atoms with Crippen LogP contribution < -0.4 is 0 Å². The molecule has 0 spiro atoms. The summed E-state index contributed by atoms with van der Waals surface area (Å²) < 4.78 is 1.02. The van der Waals surface area contributed by atoms with Crippen molar-refractivity contribution in [1.29, 1.82) is 0 Å². The lowest BCUT2D eigenvalue weighted by molar-refractivity contribution is 1.18. The zero-order valence-electron chi connectivity index (χ0n) is 28.4. The van der Waals surface area contributed by atoms with Crippen molar-refractivity contribution in [3.63, 3.8) is 0 Å². The average Bonchev–Trinajstić information content (AvgIpc) is 3.62. The molecule has 0 saturated carbocycles. The van der Waals surface area contributed by atoms with Gasteiger partial charge in [0, 0.05) is 39.4 Å². The molecule has 0 saturated heterocycles. The zero-order valence-corrected chi connectivity index (χ0v) is 29.2. The lowest BCUT2D eigenvalue weighted by Gasteiger charge is -2.11. The van der Waals surface area contributed by atoms with Crippen molar-refractivity contribution in [2.75, 3.05) is 0 Å². The van der Waals surface area contributed by atoms with Gasteiger partial charge < -0.3 is 0 Å². The van der Waals surface area contributed by atoms with Gasteiger partial charge in [-0.15, -0.1) is 11.3 Å². The van der Waals surface area contributed by atoms with Crippen LogP contribution in [0.3, 0.4) is 0 Å². The van der Waals surface area contributed by atoms with Crippen LogP contribution in [0.4, 0.5) is 0 Å². The Labute approximate surface area is 310 Å². The van der Waals surface area contributed by atoms with Gasteiger partial charge in [0.15, 0.2) is 11.6 Å². The lowest BCUT2D eigenvalue weighted by Crippen LogP contribution is -1.96. The number of thiophene rings is 1. The fourth-order valence-corrected chi connectivity index (χ4v) is 7.95. The van der Waals surface area contributed by atoms with Crippen molar-refractivity contribution in [2.24, 2.45) is 0 Å². The number of benzene rings is 6. The molecule has 0 aliphatic heterocycles. The molecule has 4 heterocycles. The Morgan fingerprint density at radius 3 is 1.66 bits per heavy atom. The smallest absolute Gasteiger partial charge is 0.160 e. The lowest BCUT2D eigenvalue weighted by atomic mass is 10.0. The van der Waals surface area contributed by atoms with Crippen LogP contribution in [0, 0.1) is 0 Å². The van der Waals surface area contributed by atoms with Gasteiger partial charge >= 0.3 is 0 Å². The molecule has 0 aliphatic rings. The maximum absolute atomic E-state index is 5.23. The minimum absolute atomic E-state index is 0.685. The van der Waals surface area contributed by atoms with E-state index in [9.17, 15) is 0 Å². The van der Waals surface area contributed by atoms with E-state index in [0.717, 1.165) is 70.7 Å². The van der Waals surface area contributed by atoms with E-state index in [0.29, 0.717) is 11.6 Å². The summed E-state index contributed by atoms with van der Waals surface area (Å²) >= 11 is 1.63. The van der Waals surface area contributed by atoms with Gasteiger partial charge in [0.1, 0.15) is 4.83 Å². The van der Waals surface area contributed by atoms with Gasteiger partial charge in [-0.25, -0.2) is 24.9 Å². The number of nitrogens with zero attached hydrogens (tertiary/aromatic N) is 5. The number of rotatable bonds is 6. The minimum Gasteiger partial charge on any atom is -0.245 e. The molecule has 0 unspecified atom stereocenters. The first-order chi connectivity index (χ1) is 26.2. The van der Waals surface area contributed by atoms with E-state index < -0.39 is 0 Å². The maximum atomic E-state index is 5.23. The Hall–Kier alpha value is -6.89. The van der Waals surface area contributed by atoms with Crippen LogP contribution in [0.1, 0.15) is 0 Å². The molecule has 0 amide bonds. The van der Waals surface area contributed by atoms with Crippen LogP contribution in [-0.4, -0.2) is 24.9 Å². The van der Waals surface area contributed by atoms with Crippen molar-refractivity contribution < 1.29 is 0 Å². The molecule has 53 heavy (non-hydrogen) atoms. The topological polar surface area (TPSA) is 64.5 Å². The number of hydrogen-bond donors (Lipinski definition) is 0. The molecule has 0 bridgehead atoms. The second kappa shape index (κ2) is 13.0. The van der Waals surface area contributed by atoms with E-state index >= 15 is 0 Å². The predicted molar refractivity (Wildman–Crippen MR) is 218 cm³/mol. The predicted octanol–water partition coefficient (Wildman–Crippen LogP) is 12.2. The highest BCUT2D eigenvalue weighted by Crippen LogP contribution is 2.39. The average molecular weight is 696 g/mol. The Morgan fingerprint density at radius 1 is 0.377 bits per heavy atom. The van der Waals surface area contributed by atoms with E-state index in [1.165, 1.54) is 16.5 Å².